The highest BCUT2D eigenvalue weighted by atomic mass is 32.2. The Morgan fingerprint density at radius 2 is 1.76 bits per heavy atom. The van der Waals surface area contributed by atoms with Gasteiger partial charge in [0.1, 0.15) is 12.4 Å². The number of sulfonamides is 1. The summed E-state index contributed by atoms with van der Waals surface area (Å²) in [5.41, 5.74) is 1.15. The summed E-state index contributed by atoms with van der Waals surface area (Å²) in [5.74, 6) is 0.311. The van der Waals surface area contributed by atoms with Crippen molar-refractivity contribution in [2.45, 2.75) is 31.6 Å². The highest BCUT2D eigenvalue weighted by Crippen LogP contribution is 2.30. The van der Waals surface area contributed by atoms with Crippen LogP contribution in [0.3, 0.4) is 0 Å². The fourth-order valence-electron chi connectivity index (χ4n) is 1.83. The molecule has 0 saturated carbocycles. The average molecular weight is 335 g/mol. The Labute approximate surface area is 126 Å². The molecule has 21 heavy (non-hydrogen) atoms. The maximum Gasteiger partial charge on any atom is 0.238 e. The number of primary sulfonamides is 1. The zero-order chi connectivity index (χ0) is 16.4. The van der Waals surface area contributed by atoms with Gasteiger partial charge in [-0.2, -0.15) is 0 Å². The summed E-state index contributed by atoms with van der Waals surface area (Å²) < 4.78 is 50.9. The summed E-state index contributed by atoms with van der Waals surface area (Å²) in [6.07, 6.45) is 1.13. The second kappa shape index (κ2) is 6.33. The van der Waals surface area contributed by atoms with Crippen molar-refractivity contribution in [3.05, 3.63) is 23.3 Å². The molecule has 0 fully saturated rings. The largest absolute Gasteiger partial charge is 0.492 e. The highest BCUT2D eigenvalue weighted by Gasteiger charge is 2.19. The quantitative estimate of drug-likeness (QED) is 0.841. The number of hydrogen-bond donors (Lipinski definition) is 1. The molecule has 0 spiro atoms. The molecule has 0 amide bonds. The van der Waals surface area contributed by atoms with E-state index in [4.69, 9.17) is 9.88 Å². The summed E-state index contributed by atoms with van der Waals surface area (Å²) in [4.78, 5) is 0.0745. The van der Waals surface area contributed by atoms with E-state index < -0.39 is 19.9 Å². The van der Waals surface area contributed by atoms with Crippen molar-refractivity contribution in [1.29, 1.82) is 0 Å². The standard InChI is InChI=1S/C13H21NO5S2/c1-9(2)11-8-12(19-5-6-20(4,15)16)10(3)7-13(11)21(14,17)18/h7-9H,5-6H2,1-4H3,(H2,14,17,18). The van der Waals surface area contributed by atoms with Gasteiger partial charge in [0.2, 0.25) is 10.0 Å². The summed E-state index contributed by atoms with van der Waals surface area (Å²) in [5, 5.41) is 5.22. The van der Waals surface area contributed by atoms with Crippen LogP contribution in [0.25, 0.3) is 0 Å². The Balaban J connectivity index is 3.17. The van der Waals surface area contributed by atoms with Crippen molar-refractivity contribution in [2.75, 3.05) is 18.6 Å². The van der Waals surface area contributed by atoms with Crippen LogP contribution in [-0.4, -0.2) is 35.5 Å². The molecule has 0 aromatic heterocycles. The fraction of sp³-hybridized carbons (Fsp3) is 0.538. The minimum Gasteiger partial charge on any atom is -0.492 e. The molecule has 0 bridgehead atoms. The van der Waals surface area contributed by atoms with Crippen LogP contribution < -0.4 is 9.88 Å². The number of sulfone groups is 1. The molecule has 120 valence electrons. The highest BCUT2D eigenvalue weighted by molar-refractivity contribution is 7.90. The molecule has 8 heteroatoms. The second-order valence-corrected chi connectivity index (χ2v) is 9.12. The lowest BCUT2D eigenvalue weighted by Gasteiger charge is -2.16. The van der Waals surface area contributed by atoms with E-state index in [0.29, 0.717) is 16.9 Å². The lowest BCUT2D eigenvalue weighted by molar-refractivity contribution is 0.338. The predicted molar refractivity (Wildman–Crippen MR) is 81.8 cm³/mol. The Morgan fingerprint density at radius 1 is 1.19 bits per heavy atom. The number of rotatable bonds is 6. The summed E-state index contributed by atoms with van der Waals surface area (Å²) >= 11 is 0. The van der Waals surface area contributed by atoms with Crippen LogP contribution in [0.15, 0.2) is 17.0 Å². The lowest BCUT2D eigenvalue weighted by atomic mass is 10.0. The molecule has 1 rings (SSSR count). The summed E-state index contributed by atoms with van der Waals surface area (Å²) in [6, 6.07) is 3.07. The molecular weight excluding hydrogens is 314 g/mol. The first-order valence-corrected chi connectivity index (χ1v) is 10.0. The number of ether oxygens (including phenoxy) is 1. The van der Waals surface area contributed by atoms with E-state index in [0.717, 1.165) is 6.26 Å². The van der Waals surface area contributed by atoms with Crippen molar-refractivity contribution in [3.8, 4) is 5.75 Å². The van der Waals surface area contributed by atoms with Crippen LogP contribution in [0.4, 0.5) is 0 Å². The number of aryl methyl sites for hydroxylation is 1. The third-order valence-corrected chi connectivity index (χ3v) is 4.82. The molecule has 2 N–H and O–H groups in total. The van der Waals surface area contributed by atoms with E-state index in [9.17, 15) is 16.8 Å². The Hall–Kier alpha value is -1.12. The van der Waals surface area contributed by atoms with Crippen LogP contribution >= 0.6 is 0 Å². The minimum atomic E-state index is -3.81. The molecule has 1 aromatic rings. The molecule has 0 aliphatic rings. The zero-order valence-corrected chi connectivity index (χ0v) is 14.2. The van der Waals surface area contributed by atoms with E-state index in [1.165, 1.54) is 6.07 Å². The molecule has 0 radical (unpaired) electrons. The Kier molecular flexibility index (Phi) is 5.40. The summed E-state index contributed by atoms with van der Waals surface area (Å²) in [7, 11) is -6.92. The van der Waals surface area contributed by atoms with Gasteiger partial charge in [-0.05, 0) is 36.1 Å². The third-order valence-electron chi connectivity index (χ3n) is 2.95. The first-order chi connectivity index (χ1) is 9.42. The van der Waals surface area contributed by atoms with Crippen LogP contribution in [0.5, 0.6) is 5.75 Å². The molecule has 0 saturated heterocycles. The van der Waals surface area contributed by atoms with Gasteiger partial charge >= 0.3 is 0 Å². The fourth-order valence-corrected chi connectivity index (χ4v) is 3.18. The minimum absolute atomic E-state index is 0.0198. The maximum atomic E-state index is 11.6. The normalized spacial score (nSPS) is 12.7. The molecule has 0 atom stereocenters. The number of nitrogens with two attached hydrogens (primary N) is 1. The molecule has 0 aliphatic heterocycles. The molecule has 0 aliphatic carbocycles. The molecule has 0 heterocycles. The van der Waals surface area contributed by atoms with Crippen molar-refractivity contribution in [2.24, 2.45) is 5.14 Å². The monoisotopic (exact) mass is 335 g/mol. The van der Waals surface area contributed by atoms with E-state index in [2.05, 4.69) is 0 Å². The number of hydrogen-bond acceptors (Lipinski definition) is 5. The van der Waals surface area contributed by atoms with Gasteiger partial charge in [0, 0.05) is 6.26 Å². The molecule has 0 unspecified atom stereocenters. The Morgan fingerprint density at radius 3 is 2.19 bits per heavy atom. The smallest absolute Gasteiger partial charge is 0.238 e. The van der Waals surface area contributed by atoms with Crippen molar-refractivity contribution in [1.82, 2.24) is 0 Å². The van der Waals surface area contributed by atoms with E-state index >= 15 is 0 Å². The van der Waals surface area contributed by atoms with Gasteiger partial charge in [-0.1, -0.05) is 13.8 Å². The average Bonchev–Trinajstić information content (AvgIpc) is 2.27. The van der Waals surface area contributed by atoms with Crippen LogP contribution in [0, 0.1) is 6.92 Å². The van der Waals surface area contributed by atoms with Gasteiger partial charge in [0.25, 0.3) is 0 Å². The molecular formula is C13H21NO5S2. The van der Waals surface area contributed by atoms with Crippen molar-refractivity contribution >= 4 is 19.9 Å². The first kappa shape index (κ1) is 17.9. The predicted octanol–water partition coefficient (Wildman–Crippen LogP) is 1.19. The van der Waals surface area contributed by atoms with Gasteiger partial charge in [0.05, 0.1) is 10.6 Å². The van der Waals surface area contributed by atoms with E-state index in [1.54, 1.807) is 13.0 Å². The zero-order valence-electron chi connectivity index (χ0n) is 12.6. The summed E-state index contributed by atoms with van der Waals surface area (Å²) in [6.45, 7) is 5.40. The number of benzene rings is 1. The van der Waals surface area contributed by atoms with Gasteiger partial charge in [-0.25, -0.2) is 22.0 Å². The second-order valence-electron chi connectivity index (χ2n) is 5.33. The molecule has 1 aromatic carbocycles. The van der Waals surface area contributed by atoms with Gasteiger partial charge in [-0.3, -0.25) is 0 Å². The van der Waals surface area contributed by atoms with Crippen LogP contribution in [0.1, 0.15) is 30.9 Å². The van der Waals surface area contributed by atoms with Crippen LogP contribution in [-0.2, 0) is 19.9 Å². The van der Waals surface area contributed by atoms with Crippen LogP contribution in [0.2, 0.25) is 0 Å². The van der Waals surface area contributed by atoms with Gasteiger partial charge in [0.15, 0.2) is 9.84 Å². The SMILES string of the molecule is Cc1cc(S(N)(=O)=O)c(C(C)C)cc1OCCS(C)(=O)=O. The van der Waals surface area contributed by atoms with Gasteiger partial charge < -0.3 is 4.74 Å². The Bertz CT molecular complexity index is 721. The maximum absolute atomic E-state index is 11.6. The van der Waals surface area contributed by atoms with Crippen molar-refractivity contribution < 1.29 is 21.6 Å². The van der Waals surface area contributed by atoms with Crippen molar-refractivity contribution in [3.63, 3.8) is 0 Å². The lowest BCUT2D eigenvalue weighted by Crippen LogP contribution is -2.16. The van der Waals surface area contributed by atoms with E-state index in [-0.39, 0.29) is 23.2 Å². The molecule has 6 nitrogen and oxygen atoms in total. The third kappa shape index (κ3) is 5.29. The van der Waals surface area contributed by atoms with Gasteiger partial charge in [-0.15, -0.1) is 0 Å². The first-order valence-electron chi connectivity index (χ1n) is 6.39. The topological polar surface area (TPSA) is 104 Å². The van der Waals surface area contributed by atoms with E-state index in [1.807, 2.05) is 13.8 Å².